The van der Waals surface area contributed by atoms with Crippen LogP contribution in [0.3, 0.4) is 0 Å². The molecule has 0 aromatic carbocycles. The van der Waals surface area contributed by atoms with Gasteiger partial charge in [0.2, 0.25) is 10.0 Å². The van der Waals surface area contributed by atoms with E-state index in [0.29, 0.717) is 19.1 Å². The van der Waals surface area contributed by atoms with Crippen LogP contribution in [-0.2, 0) is 10.0 Å². The molecule has 1 rings (SSSR count). The van der Waals surface area contributed by atoms with Crippen LogP contribution in [0.1, 0.15) is 19.8 Å². The van der Waals surface area contributed by atoms with Crippen molar-refractivity contribution in [1.82, 2.24) is 10.0 Å². The van der Waals surface area contributed by atoms with E-state index in [1.165, 1.54) is 19.8 Å². The molecule has 1 unspecified atom stereocenters. The molecular weight excluding hydrogens is 202 g/mol. The van der Waals surface area contributed by atoms with Crippen LogP contribution in [0.2, 0.25) is 0 Å². The lowest BCUT2D eigenvalue weighted by Gasteiger charge is -2.07. The maximum absolute atomic E-state index is 11.3. The molecule has 80 valence electrons. The van der Waals surface area contributed by atoms with E-state index in [1.807, 2.05) is 0 Å². The molecule has 2 N–H and O–H groups in total. The van der Waals surface area contributed by atoms with Gasteiger partial charge in [0.25, 0.3) is 0 Å². The third-order valence-corrected chi connectivity index (χ3v) is 3.73. The second-order valence-corrected chi connectivity index (χ2v) is 5.52. The topological polar surface area (TPSA) is 82.0 Å². The van der Waals surface area contributed by atoms with E-state index >= 15 is 0 Å². The van der Waals surface area contributed by atoms with Crippen molar-refractivity contribution in [2.45, 2.75) is 31.1 Å². The second kappa shape index (κ2) is 4.73. The van der Waals surface area contributed by atoms with Crippen LogP contribution in [0.4, 0.5) is 0 Å². The highest BCUT2D eigenvalue weighted by atomic mass is 32.2. The first kappa shape index (κ1) is 11.4. The molecular formula is C8H15N3O2S. The van der Waals surface area contributed by atoms with Crippen LogP contribution in [0, 0.1) is 11.3 Å². The summed E-state index contributed by atoms with van der Waals surface area (Å²) in [5.74, 6) is 0. The predicted octanol–water partition coefficient (Wildman–Crippen LogP) is -0.430. The Morgan fingerprint density at radius 2 is 2.14 bits per heavy atom. The fourth-order valence-corrected chi connectivity index (χ4v) is 1.73. The minimum Gasteiger partial charge on any atom is -0.313 e. The molecule has 1 aliphatic carbocycles. The van der Waals surface area contributed by atoms with Crippen molar-refractivity contribution in [1.29, 1.82) is 5.26 Å². The molecule has 1 aliphatic rings. The molecule has 0 radical (unpaired) electrons. The molecule has 1 saturated carbocycles. The Hall–Kier alpha value is -0.640. The highest BCUT2D eigenvalue weighted by Crippen LogP contribution is 2.17. The fraction of sp³-hybridized carbons (Fsp3) is 0.875. The molecule has 0 aliphatic heterocycles. The lowest BCUT2D eigenvalue weighted by Crippen LogP contribution is -2.37. The molecule has 1 fully saturated rings. The maximum Gasteiger partial charge on any atom is 0.227 e. The van der Waals surface area contributed by atoms with Gasteiger partial charge in [-0.15, -0.1) is 0 Å². The monoisotopic (exact) mass is 217 g/mol. The Kier molecular flexibility index (Phi) is 3.86. The molecule has 0 spiro atoms. The average molecular weight is 217 g/mol. The van der Waals surface area contributed by atoms with Crippen molar-refractivity contribution in [3.8, 4) is 6.07 Å². The number of nitrogens with one attached hydrogen (secondary N) is 2. The van der Waals surface area contributed by atoms with Gasteiger partial charge >= 0.3 is 0 Å². The number of sulfonamides is 1. The second-order valence-electron chi connectivity index (χ2n) is 3.44. The van der Waals surface area contributed by atoms with Gasteiger partial charge in [0.1, 0.15) is 0 Å². The van der Waals surface area contributed by atoms with Crippen molar-refractivity contribution >= 4 is 10.0 Å². The Bertz CT molecular complexity index is 316. The predicted molar refractivity (Wildman–Crippen MR) is 53.0 cm³/mol. The van der Waals surface area contributed by atoms with E-state index in [4.69, 9.17) is 5.26 Å². The third kappa shape index (κ3) is 3.62. The van der Waals surface area contributed by atoms with Gasteiger partial charge in [0.15, 0.2) is 5.25 Å². The highest BCUT2D eigenvalue weighted by molar-refractivity contribution is 7.90. The molecule has 0 bridgehead atoms. The Morgan fingerprint density at radius 1 is 1.50 bits per heavy atom. The summed E-state index contributed by atoms with van der Waals surface area (Å²) in [7, 11) is -3.44. The van der Waals surface area contributed by atoms with Crippen molar-refractivity contribution in [3.05, 3.63) is 0 Å². The zero-order chi connectivity index (χ0) is 10.6. The first-order chi connectivity index (χ1) is 6.56. The molecule has 5 nitrogen and oxygen atoms in total. The van der Waals surface area contributed by atoms with Crippen molar-refractivity contribution in [3.63, 3.8) is 0 Å². The van der Waals surface area contributed by atoms with Crippen LogP contribution in [0.15, 0.2) is 0 Å². The number of nitriles is 1. The molecule has 0 aromatic rings. The first-order valence-electron chi connectivity index (χ1n) is 4.68. The highest BCUT2D eigenvalue weighted by Gasteiger charge is 2.21. The van der Waals surface area contributed by atoms with Crippen molar-refractivity contribution in [2.24, 2.45) is 0 Å². The Morgan fingerprint density at radius 3 is 2.64 bits per heavy atom. The van der Waals surface area contributed by atoms with Crippen molar-refractivity contribution in [2.75, 3.05) is 13.1 Å². The van der Waals surface area contributed by atoms with Gasteiger partial charge in [-0.1, -0.05) is 0 Å². The quantitative estimate of drug-likeness (QED) is 0.591. The van der Waals surface area contributed by atoms with Gasteiger partial charge in [-0.05, 0) is 19.8 Å². The summed E-state index contributed by atoms with van der Waals surface area (Å²) in [5, 5.41) is 10.6. The smallest absolute Gasteiger partial charge is 0.227 e. The number of nitrogens with zero attached hydrogens (tertiary/aromatic N) is 1. The molecule has 0 heterocycles. The molecule has 0 saturated heterocycles. The summed E-state index contributed by atoms with van der Waals surface area (Å²) in [6, 6.07) is 2.27. The number of rotatable bonds is 6. The summed E-state index contributed by atoms with van der Waals surface area (Å²) in [6.45, 7) is 2.35. The van der Waals surface area contributed by atoms with Crippen LogP contribution in [0.25, 0.3) is 0 Å². The first-order valence-corrected chi connectivity index (χ1v) is 6.22. The normalized spacial score (nSPS) is 18.9. The summed E-state index contributed by atoms with van der Waals surface area (Å²) < 4.78 is 24.9. The summed E-state index contributed by atoms with van der Waals surface area (Å²) in [5.41, 5.74) is 0. The van der Waals surface area contributed by atoms with Crippen LogP contribution in [-0.4, -0.2) is 32.8 Å². The van der Waals surface area contributed by atoms with E-state index in [9.17, 15) is 8.42 Å². The standard InChI is InChI=1S/C8H15N3O2S/c1-7(6-9)14(12,13)11-5-4-10-8-2-3-8/h7-8,10-11H,2-5H2,1H3. The van der Waals surface area contributed by atoms with Gasteiger partial charge < -0.3 is 5.32 Å². The van der Waals surface area contributed by atoms with E-state index in [2.05, 4.69) is 10.0 Å². The van der Waals surface area contributed by atoms with Crippen LogP contribution >= 0.6 is 0 Å². The zero-order valence-electron chi connectivity index (χ0n) is 8.16. The van der Waals surface area contributed by atoms with Gasteiger partial charge in [0.05, 0.1) is 6.07 Å². The van der Waals surface area contributed by atoms with Crippen molar-refractivity contribution < 1.29 is 8.42 Å². The van der Waals surface area contributed by atoms with Crippen LogP contribution in [0.5, 0.6) is 0 Å². The Balaban J connectivity index is 2.18. The third-order valence-electron chi connectivity index (χ3n) is 2.09. The van der Waals surface area contributed by atoms with Gasteiger partial charge in [0, 0.05) is 19.1 Å². The molecule has 0 amide bonds. The Labute approximate surface area is 84.5 Å². The van der Waals surface area contributed by atoms with Gasteiger partial charge in [-0.2, -0.15) is 5.26 Å². The minimum absolute atomic E-state index is 0.352. The number of hydrogen-bond acceptors (Lipinski definition) is 4. The summed E-state index contributed by atoms with van der Waals surface area (Å²) >= 11 is 0. The fourth-order valence-electron chi connectivity index (χ4n) is 0.951. The zero-order valence-corrected chi connectivity index (χ0v) is 8.97. The lowest BCUT2D eigenvalue weighted by atomic mass is 10.5. The van der Waals surface area contributed by atoms with E-state index < -0.39 is 15.3 Å². The molecule has 14 heavy (non-hydrogen) atoms. The largest absolute Gasteiger partial charge is 0.313 e. The molecule has 6 heteroatoms. The van der Waals surface area contributed by atoms with Gasteiger partial charge in [-0.25, -0.2) is 13.1 Å². The lowest BCUT2D eigenvalue weighted by molar-refractivity contribution is 0.571. The molecule has 1 atom stereocenters. The van der Waals surface area contributed by atoms with E-state index in [-0.39, 0.29) is 0 Å². The van der Waals surface area contributed by atoms with E-state index in [0.717, 1.165) is 0 Å². The van der Waals surface area contributed by atoms with E-state index in [1.54, 1.807) is 6.07 Å². The van der Waals surface area contributed by atoms with Gasteiger partial charge in [-0.3, -0.25) is 0 Å². The SMILES string of the molecule is CC(C#N)S(=O)(=O)NCCNC1CC1. The summed E-state index contributed by atoms with van der Waals surface area (Å²) in [6.07, 6.45) is 2.36. The summed E-state index contributed by atoms with van der Waals surface area (Å²) in [4.78, 5) is 0. The number of hydrogen-bond donors (Lipinski definition) is 2. The minimum atomic E-state index is -3.44. The maximum atomic E-state index is 11.3. The molecule has 0 aromatic heterocycles. The average Bonchev–Trinajstić information content (AvgIpc) is 2.94. The van der Waals surface area contributed by atoms with Crippen LogP contribution < -0.4 is 10.0 Å².